The van der Waals surface area contributed by atoms with Gasteiger partial charge in [-0.05, 0) is 24.9 Å². The highest BCUT2D eigenvalue weighted by Crippen LogP contribution is 2.11. The van der Waals surface area contributed by atoms with Crippen molar-refractivity contribution < 1.29 is 4.79 Å². The van der Waals surface area contributed by atoms with Gasteiger partial charge in [-0.3, -0.25) is 4.79 Å². The van der Waals surface area contributed by atoms with Gasteiger partial charge in [-0.25, -0.2) is 0 Å². The van der Waals surface area contributed by atoms with Crippen LogP contribution in [0.5, 0.6) is 0 Å². The lowest BCUT2D eigenvalue weighted by Gasteiger charge is -2.01. The van der Waals surface area contributed by atoms with Gasteiger partial charge in [0.25, 0.3) is 5.91 Å². The molecule has 0 bridgehead atoms. The van der Waals surface area contributed by atoms with Gasteiger partial charge in [-0.2, -0.15) is 0 Å². The van der Waals surface area contributed by atoms with Gasteiger partial charge in [0.2, 0.25) is 0 Å². The monoisotopic (exact) mass is 237 g/mol. The molecule has 0 fully saturated rings. The van der Waals surface area contributed by atoms with Crippen LogP contribution in [0.1, 0.15) is 42.1 Å². The quantitative estimate of drug-likeness (QED) is 0.625. The van der Waals surface area contributed by atoms with Crippen LogP contribution in [0.25, 0.3) is 0 Å². The van der Waals surface area contributed by atoms with Gasteiger partial charge in [0.15, 0.2) is 0 Å². The van der Waals surface area contributed by atoms with Crippen LogP contribution in [0.15, 0.2) is 0 Å². The Morgan fingerprint density at radius 1 is 1.56 bits per heavy atom. The van der Waals surface area contributed by atoms with E-state index in [4.69, 9.17) is 0 Å². The van der Waals surface area contributed by atoms with E-state index in [0.717, 1.165) is 30.1 Å². The first-order chi connectivity index (χ1) is 7.79. The highest BCUT2D eigenvalue weighted by molar-refractivity contribution is 7.08. The van der Waals surface area contributed by atoms with Crippen molar-refractivity contribution in [3.8, 4) is 11.8 Å². The SMILES string of the molecule is CC#CCCNC(=O)c1snnc1CCC. The molecule has 1 aromatic rings. The minimum absolute atomic E-state index is 0.0867. The minimum Gasteiger partial charge on any atom is -0.350 e. The Balaban J connectivity index is 2.50. The molecular weight excluding hydrogens is 222 g/mol. The minimum atomic E-state index is -0.0867. The van der Waals surface area contributed by atoms with Crippen LogP contribution in [0.2, 0.25) is 0 Å². The first kappa shape index (κ1) is 12.7. The number of nitrogens with one attached hydrogen (secondary N) is 1. The van der Waals surface area contributed by atoms with E-state index in [1.807, 2.05) is 0 Å². The predicted molar refractivity (Wildman–Crippen MR) is 64.3 cm³/mol. The summed E-state index contributed by atoms with van der Waals surface area (Å²) in [6.07, 6.45) is 2.44. The zero-order valence-corrected chi connectivity index (χ0v) is 10.4. The van der Waals surface area contributed by atoms with Crippen LogP contribution in [-0.2, 0) is 6.42 Å². The first-order valence-corrected chi connectivity index (χ1v) is 6.06. The highest BCUT2D eigenvalue weighted by atomic mass is 32.1. The number of hydrogen-bond donors (Lipinski definition) is 1. The third-order valence-corrected chi connectivity index (χ3v) is 2.73. The number of carbonyl (C=O) groups is 1. The molecule has 5 heteroatoms. The number of carbonyl (C=O) groups excluding carboxylic acids is 1. The predicted octanol–water partition coefficient (Wildman–Crippen LogP) is 1.63. The van der Waals surface area contributed by atoms with Crippen LogP contribution in [0, 0.1) is 11.8 Å². The van der Waals surface area contributed by atoms with Gasteiger partial charge >= 0.3 is 0 Å². The Labute approximate surface area is 99.6 Å². The molecular formula is C11H15N3OS. The third-order valence-electron chi connectivity index (χ3n) is 1.96. The van der Waals surface area contributed by atoms with Gasteiger partial charge in [-0.1, -0.05) is 17.8 Å². The standard InChI is InChI=1S/C11H15N3OS/c1-3-5-6-8-12-11(15)10-9(7-4-2)13-14-16-10/h4,6-8H2,1-2H3,(H,12,15). The fourth-order valence-electron chi connectivity index (χ4n) is 1.23. The summed E-state index contributed by atoms with van der Waals surface area (Å²) in [7, 11) is 0. The Bertz CT molecular complexity index is 403. The smallest absolute Gasteiger partial charge is 0.264 e. The van der Waals surface area contributed by atoms with Crippen molar-refractivity contribution in [1.82, 2.24) is 14.9 Å². The summed E-state index contributed by atoms with van der Waals surface area (Å²) in [6.45, 7) is 4.41. The van der Waals surface area contributed by atoms with E-state index >= 15 is 0 Å². The van der Waals surface area contributed by atoms with E-state index in [-0.39, 0.29) is 5.91 Å². The molecule has 0 aliphatic rings. The number of nitrogens with zero attached hydrogens (tertiary/aromatic N) is 2. The van der Waals surface area contributed by atoms with Crippen molar-refractivity contribution in [3.63, 3.8) is 0 Å². The fourth-order valence-corrected chi connectivity index (χ4v) is 1.85. The summed E-state index contributed by atoms with van der Waals surface area (Å²) in [5.41, 5.74) is 0.798. The van der Waals surface area contributed by atoms with Crippen molar-refractivity contribution in [2.75, 3.05) is 6.54 Å². The maximum absolute atomic E-state index is 11.7. The van der Waals surface area contributed by atoms with Gasteiger partial charge in [-0.15, -0.1) is 16.9 Å². The van der Waals surface area contributed by atoms with Crippen LogP contribution in [0.4, 0.5) is 0 Å². The highest BCUT2D eigenvalue weighted by Gasteiger charge is 2.14. The number of aryl methyl sites for hydroxylation is 1. The first-order valence-electron chi connectivity index (χ1n) is 5.28. The normalized spacial score (nSPS) is 9.38. The summed E-state index contributed by atoms with van der Waals surface area (Å²) in [4.78, 5) is 12.4. The molecule has 1 N–H and O–H groups in total. The molecule has 16 heavy (non-hydrogen) atoms. The Kier molecular flexibility index (Phi) is 5.51. The molecule has 1 aromatic heterocycles. The average Bonchev–Trinajstić information content (AvgIpc) is 2.73. The van der Waals surface area contributed by atoms with Crippen molar-refractivity contribution in [1.29, 1.82) is 0 Å². The molecule has 1 amide bonds. The van der Waals surface area contributed by atoms with Gasteiger partial charge in [0.1, 0.15) is 4.88 Å². The summed E-state index contributed by atoms with van der Waals surface area (Å²) in [6, 6.07) is 0. The molecule has 1 rings (SSSR count). The van der Waals surface area contributed by atoms with Gasteiger partial charge < -0.3 is 5.32 Å². The maximum Gasteiger partial charge on any atom is 0.264 e. The van der Waals surface area contributed by atoms with E-state index in [0.29, 0.717) is 17.8 Å². The molecule has 0 saturated heterocycles. The summed E-state index contributed by atoms with van der Waals surface area (Å²) < 4.78 is 3.81. The molecule has 0 saturated carbocycles. The molecule has 1 heterocycles. The average molecular weight is 237 g/mol. The fraction of sp³-hybridized carbons (Fsp3) is 0.545. The second-order valence-electron chi connectivity index (χ2n) is 3.23. The van der Waals surface area contributed by atoms with Crippen LogP contribution < -0.4 is 5.32 Å². The molecule has 0 unspecified atom stereocenters. The number of amides is 1. The van der Waals surface area contributed by atoms with E-state index in [2.05, 4.69) is 33.7 Å². The Hall–Kier alpha value is -1.41. The van der Waals surface area contributed by atoms with Crippen LogP contribution in [0.3, 0.4) is 0 Å². The summed E-state index contributed by atoms with van der Waals surface area (Å²) in [5.74, 6) is 5.59. The molecule has 0 aliphatic carbocycles. The summed E-state index contributed by atoms with van der Waals surface area (Å²) in [5, 5.41) is 6.76. The summed E-state index contributed by atoms with van der Waals surface area (Å²) >= 11 is 1.15. The lowest BCUT2D eigenvalue weighted by Crippen LogP contribution is -2.24. The molecule has 0 radical (unpaired) electrons. The van der Waals surface area contributed by atoms with Gasteiger partial charge in [0.05, 0.1) is 5.69 Å². The number of aromatic nitrogens is 2. The zero-order valence-electron chi connectivity index (χ0n) is 9.54. The van der Waals surface area contributed by atoms with Crippen molar-refractivity contribution in [2.45, 2.75) is 33.1 Å². The maximum atomic E-state index is 11.7. The topological polar surface area (TPSA) is 54.9 Å². The second-order valence-corrected chi connectivity index (χ2v) is 3.99. The van der Waals surface area contributed by atoms with Gasteiger partial charge in [0, 0.05) is 13.0 Å². The number of rotatable bonds is 5. The zero-order chi connectivity index (χ0) is 11.8. The van der Waals surface area contributed by atoms with E-state index in [9.17, 15) is 4.79 Å². The van der Waals surface area contributed by atoms with Crippen molar-refractivity contribution >= 4 is 17.4 Å². The third kappa shape index (κ3) is 3.63. The van der Waals surface area contributed by atoms with E-state index < -0.39 is 0 Å². The number of hydrogen-bond acceptors (Lipinski definition) is 4. The van der Waals surface area contributed by atoms with Crippen molar-refractivity contribution in [2.24, 2.45) is 0 Å². The molecule has 0 spiro atoms. The molecule has 0 aromatic carbocycles. The van der Waals surface area contributed by atoms with Crippen LogP contribution >= 0.6 is 11.5 Å². The van der Waals surface area contributed by atoms with Crippen LogP contribution in [-0.4, -0.2) is 22.0 Å². The largest absolute Gasteiger partial charge is 0.350 e. The molecule has 4 nitrogen and oxygen atoms in total. The molecule has 0 aliphatic heterocycles. The lowest BCUT2D eigenvalue weighted by molar-refractivity contribution is 0.0957. The Morgan fingerprint density at radius 3 is 3.06 bits per heavy atom. The second kappa shape index (κ2) is 6.96. The molecule has 0 atom stereocenters. The molecule has 86 valence electrons. The van der Waals surface area contributed by atoms with E-state index in [1.165, 1.54) is 0 Å². The van der Waals surface area contributed by atoms with Crippen molar-refractivity contribution in [3.05, 3.63) is 10.6 Å². The lowest BCUT2D eigenvalue weighted by atomic mass is 10.2. The Morgan fingerprint density at radius 2 is 2.38 bits per heavy atom. The van der Waals surface area contributed by atoms with E-state index in [1.54, 1.807) is 6.92 Å².